The van der Waals surface area contributed by atoms with Gasteiger partial charge in [0.15, 0.2) is 0 Å². The maximum absolute atomic E-state index is 11.9. The first-order valence-electron chi connectivity index (χ1n) is 8.67. The van der Waals surface area contributed by atoms with Gasteiger partial charge in [-0.2, -0.15) is 0 Å². The van der Waals surface area contributed by atoms with Crippen LogP contribution in [0.1, 0.15) is 25.1 Å². The van der Waals surface area contributed by atoms with Crippen molar-refractivity contribution in [1.82, 2.24) is 19.5 Å². The minimum atomic E-state index is 0.0876. The van der Waals surface area contributed by atoms with Gasteiger partial charge in [0.2, 0.25) is 5.91 Å². The van der Waals surface area contributed by atoms with Gasteiger partial charge >= 0.3 is 0 Å². The molecule has 7 heteroatoms. The first-order chi connectivity index (χ1) is 12.7. The molecule has 1 saturated carbocycles. The fraction of sp³-hybridized carbons (Fsp3) is 0.263. The topological polar surface area (TPSA) is 84.7 Å². The summed E-state index contributed by atoms with van der Waals surface area (Å²) in [5, 5.41) is 6.21. The predicted molar refractivity (Wildman–Crippen MR) is 99.6 cm³/mol. The van der Waals surface area contributed by atoms with Gasteiger partial charge in [0, 0.05) is 36.3 Å². The van der Waals surface area contributed by atoms with Crippen LogP contribution in [-0.2, 0) is 4.79 Å². The molecule has 132 valence electrons. The summed E-state index contributed by atoms with van der Waals surface area (Å²) >= 11 is 0. The monoisotopic (exact) mass is 348 g/mol. The fourth-order valence-corrected chi connectivity index (χ4v) is 2.72. The number of hydrogen-bond acceptors (Lipinski definition) is 5. The van der Waals surface area contributed by atoms with Crippen LogP contribution in [0.15, 0.2) is 49.1 Å². The average Bonchev–Trinajstić information content (AvgIpc) is 3.24. The summed E-state index contributed by atoms with van der Waals surface area (Å²) in [6.45, 7) is 1.85. The Kier molecular flexibility index (Phi) is 4.35. The van der Waals surface area contributed by atoms with Crippen LogP contribution < -0.4 is 10.6 Å². The Hall–Kier alpha value is -3.22. The van der Waals surface area contributed by atoms with Gasteiger partial charge in [0.05, 0.1) is 0 Å². The van der Waals surface area contributed by atoms with Crippen molar-refractivity contribution in [2.75, 3.05) is 10.6 Å². The minimum Gasteiger partial charge on any atom is -0.340 e. The summed E-state index contributed by atoms with van der Waals surface area (Å²) in [6, 6.07) is 9.47. The third-order valence-electron chi connectivity index (χ3n) is 4.21. The Labute approximate surface area is 151 Å². The molecular formula is C19H20N6O. The molecule has 0 spiro atoms. The number of aromatic nitrogens is 4. The second-order valence-corrected chi connectivity index (χ2v) is 6.53. The Bertz CT molecular complexity index is 900. The Morgan fingerprint density at radius 2 is 1.96 bits per heavy atom. The highest BCUT2D eigenvalue weighted by Gasteiger charge is 2.24. The Balaban J connectivity index is 1.44. The van der Waals surface area contributed by atoms with E-state index in [0.29, 0.717) is 24.0 Å². The number of carbonyl (C=O) groups is 1. The molecule has 0 saturated heterocycles. The maximum atomic E-state index is 11.9. The third-order valence-corrected chi connectivity index (χ3v) is 4.21. The molecule has 1 aliphatic carbocycles. The van der Waals surface area contributed by atoms with Crippen molar-refractivity contribution >= 4 is 23.1 Å². The largest absolute Gasteiger partial charge is 0.340 e. The Morgan fingerprint density at radius 3 is 2.65 bits per heavy atom. The van der Waals surface area contributed by atoms with Crippen molar-refractivity contribution in [3.05, 3.63) is 54.9 Å². The standard InChI is InChI=1S/C19H20N6O/c1-13-21-17(11-18(22-13)25-9-8-20-12-25)23-15-4-6-16(7-5-15)24-19(26)10-14-2-3-14/h4-9,11-12,14H,2-3,10H2,1H3,(H,24,26)(H,21,22,23). The van der Waals surface area contributed by atoms with Crippen molar-refractivity contribution in [3.8, 4) is 5.82 Å². The van der Waals surface area contributed by atoms with Crippen LogP contribution in [0.5, 0.6) is 0 Å². The molecule has 0 aliphatic heterocycles. The highest BCUT2D eigenvalue weighted by atomic mass is 16.1. The summed E-state index contributed by atoms with van der Waals surface area (Å²) in [5.74, 6) is 2.79. The molecule has 0 radical (unpaired) electrons. The molecule has 1 aliphatic rings. The number of amides is 1. The molecule has 0 bridgehead atoms. The number of nitrogens with one attached hydrogen (secondary N) is 2. The van der Waals surface area contributed by atoms with Gasteiger partial charge in [-0.05, 0) is 49.9 Å². The number of benzene rings is 1. The van der Waals surface area contributed by atoms with Crippen molar-refractivity contribution in [3.63, 3.8) is 0 Å². The smallest absolute Gasteiger partial charge is 0.224 e. The van der Waals surface area contributed by atoms with E-state index in [1.54, 1.807) is 12.5 Å². The van der Waals surface area contributed by atoms with E-state index in [0.717, 1.165) is 17.2 Å². The van der Waals surface area contributed by atoms with Gasteiger partial charge in [-0.3, -0.25) is 9.36 Å². The van der Waals surface area contributed by atoms with Crippen LogP contribution in [0.4, 0.5) is 17.2 Å². The second-order valence-electron chi connectivity index (χ2n) is 6.53. The highest BCUT2D eigenvalue weighted by molar-refractivity contribution is 5.91. The van der Waals surface area contributed by atoms with Crippen LogP contribution in [0, 0.1) is 12.8 Å². The fourth-order valence-electron chi connectivity index (χ4n) is 2.72. The van der Waals surface area contributed by atoms with E-state index in [2.05, 4.69) is 25.6 Å². The van der Waals surface area contributed by atoms with Crippen LogP contribution in [0.3, 0.4) is 0 Å². The van der Waals surface area contributed by atoms with Crippen molar-refractivity contribution in [2.24, 2.45) is 5.92 Å². The normalized spacial score (nSPS) is 13.4. The van der Waals surface area contributed by atoms with E-state index in [9.17, 15) is 4.79 Å². The lowest BCUT2D eigenvalue weighted by atomic mass is 10.2. The lowest BCUT2D eigenvalue weighted by Crippen LogP contribution is -2.11. The molecule has 26 heavy (non-hydrogen) atoms. The molecule has 1 aromatic carbocycles. The predicted octanol–water partition coefficient (Wildman–Crippen LogP) is 3.45. The molecule has 2 N–H and O–H groups in total. The molecule has 3 aromatic rings. The molecule has 2 heterocycles. The van der Waals surface area contributed by atoms with Gasteiger partial charge in [0.25, 0.3) is 0 Å². The summed E-state index contributed by atoms with van der Waals surface area (Å²) in [5.41, 5.74) is 1.69. The van der Waals surface area contributed by atoms with Gasteiger partial charge in [-0.1, -0.05) is 0 Å². The zero-order chi connectivity index (χ0) is 17.9. The summed E-state index contributed by atoms with van der Waals surface area (Å²) < 4.78 is 1.83. The number of rotatable bonds is 6. The van der Waals surface area contributed by atoms with E-state index >= 15 is 0 Å². The number of nitrogens with zero attached hydrogens (tertiary/aromatic N) is 4. The molecule has 1 fully saturated rings. The lowest BCUT2D eigenvalue weighted by Gasteiger charge is -2.10. The molecule has 1 amide bonds. The summed E-state index contributed by atoms with van der Waals surface area (Å²) in [7, 11) is 0. The van der Waals surface area contributed by atoms with Crippen LogP contribution in [-0.4, -0.2) is 25.4 Å². The first-order valence-corrected chi connectivity index (χ1v) is 8.67. The SMILES string of the molecule is Cc1nc(Nc2ccc(NC(=O)CC3CC3)cc2)cc(-n2ccnc2)n1. The van der Waals surface area contributed by atoms with Gasteiger partial charge < -0.3 is 10.6 Å². The lowest BCUT2D eigenvalue weighted by molar-refractivity contribution is -0.116. The van der Waals surface area contributed by atoms with Crippen LogP contribution in [0.2, 0.25) is 0 Å². The Morgan fingerprint density at radius 1 is 1.19 bits per heavy atom. The van der Waals surface area contributed by atoms with Gasteiger partial charge in [0.1, 0.15) is 23.8 Å². The first kappa shape index (κ1) is 16.3. The number of aryl methyl sites for hydroxylation is 1. The molecule has 4 rings (SSSR count). The van der Waals surface area contributed by atoms with E-state index < -0.39 is 0 Å². The molecule has 0 unspecified atom stereocenters. The zero-order valence-corrected chi connectivity index (χ0v) is 14.5. The van der Waals surface area contributed by atoms with E-state index in [-0.39, 0.29) is 5.91 Å². The van der Waals surface area contributed by atoms with Crippen LogP contribution in [0.25, 0.3) is 5.82 Å². The molecule has 0 atom stereocenters. The quantitative estimate of drug-likeness (QED) is 0.713. The van der Waals surface area contributed by atoms with Gasteiger partial charge in [-0.15, -0.1) is 0 Å². The zero-order valence-electron chi connectivity index (χ0n) is 14.5. The minimum absolute atomic E-state index is 0.0876. The number of carbonyl (C=O) groups excluding carboxylic acids is 1. The third kappa shape index (κ3) is 4.05. The van der Waals surface area contributed by atoms with E-state index in [1.807, 2.05) is 48.0 Å². The summed E-state index contributed by atoms with van der Waals surface area (Å²) in [4.78, 5) is 24.8. The highest BCUT2D eigenvalue weighted by Crippen LogP contribution is 2.32. The van der Waals surface area contributed by atoms with Crippen molar-refractivity contribution in [2.45, 2.75) is 26.2 Å². The van der Waals surface area contributed by atoms with Gasteiger partial charge in [-0.25, -0.2) is 15.0 Å². The molecule has 2 aromatic heterocycles. The van der Waals surface area contributed by atoms with E-state index in [4.69, 9.17) is 0 Å². The number of hydrogen-bond donors (Lipinski definition) is 2. The van der Waals surface area contributed by atoms with E-state index in [1.165, 1.54) is 12.8 Å². The average molecular weight is 348 g/mol. The summed E-state index contributed by atoms with van der Waals surface area (Å²) in [6.07, 6.45) is 8.22. The number of anilines is 3. The van der Waals surface area contributed by atoms with Crippen molar-refractivity contribution in [1.29, 1.82) is 0 Å². The molecular weight excluding hydrogens is 328 g/mol. The van der Waals surface area contributed by atoms with Crippen molar-refractivity contribution < 1.29 is 4.79 Å². The number of imidazole rings is 1. The molecule has 7 nitrogen and oxygen atoms in total. The van der Waals surface area contributed by atoms with Crippen LogP contribution >= 0.6 is 0 Å². The second kappa shape index (κ2) is 6.95. The maximum Gasteiger partial charge on any atom is 0.224 e.